The van der Waals surface area contributed by atoms with Crippen LogP contribution in [0.4, 0.5) is 4.39 Å². The molecule has 1 atom stereocenters. The number of Topliss-reactive ketones (excluding diaryl/α,β-unsaturated/α-hetero) is 1. The fourth-order valence-corrected chi connectivity index (χ4v) is 3.59. The summed E-state index contributed by atoms with van der Waals surface area (Å²) >= 11 is 6.11. The van der Waals surface area contributed by atoms with E-state index in [1.165, 1.54) is 13.0 Å². The first-order valence-corrected chi connectivity index (χ1v) is 10.1. The molecule has 0 amide bonds. The van der Waals surface area contributed by atoms with Crippen LogP contribution < -0.4 is 4.74 Å². The molecule has 29 heavy (non-hydrogen) atoms. The Morgan fingerprint density at radius 3 is 2.41 bits per heavy atom. The van der Waals surface area contributed by atoms with Gasteiger partial charge in [0.25, 0.3) is 0 Å². The van der Waals surface area contributed by atoms with Gasteiger partial charge >= 0.3 is 0 Å². The van der Waals surface area contributed by atoms with Crippen molar-refractivity contribution in [1.82, 2.24) is 9.80 Å². The lowest BCUT2D eigenvalue weighted by Crippen LogP contribution is -2.48. The highest BCUT2D eigenvalue weighted by Crippen LogP contribution is 2.21. The third-order valence-corrected chi connectivity index (χ3v) is 5.43. The number of rotatable bonds is 8. The van der Waals surface area contributed by atoms with E-state index in [-0.39, 0.29) is 18.2 Å². The molecule has 2 aromatic rings. The van der Waals surface area contributed by atoms with Crippen molar-refractivity contribution in [2.45, 2.75) is 19.6 Å². The average molecular weight is 421 g/mol. The second kappa shape index (κ2) is 10.2. The maximum Gasteiger partial charge on any atom is 0.159 e. The van der Waals surface area contributed by atoms with E-state index in [2.05, 4.69) is 9.80 Å². The highest BCUT2D eigenvalue weighted by atomic mass is 35.5. The van der Waals surface area contributed by atoms with Crippen molar-refractivity contribution < 1.29 is 19.0 Å². The highest BCUT2D eigenvalue weighted by Gasteiger charge is 2.21. The number of nitrogens with zero attached hydrogens (tertiary/aromatic N) is 2. The van der Waals surface area contributed by atoms with Crippen LogP contribution in [0.2, 0.25) is 5.02 Å². The first kappa shape index (κ1) is 21.7. The molecular weight excluding hydrogens is 395 g/mol. The topological polar surface area (TPSA) is 53.0 Å². The van der Waals surface area contributed by atoms with Crippen LogP contribution >= 0.6 is 11.6 Å². The zero-order chi connectivity index (χ0) is 20.8. The summed E-state index contributed by atoms with van der Waals surface area (Å²) in [6.07, 6.45) is -0.616. The number of hydrogen-bond donors (Lipinski definition) is 1. The minimum Gasteiger partial charge on any atom is -0.491 e. The molecule has 0 spiro atoms. The summed E-state index contributed by atoms with van der Waals surface area (Å²) in [7, 11) is 0. The number of piperazine rings is 1. The average Bonchev–Trinajstić information content (AvgIpc) is 2.71. The van der Waals surface area contributed by atoms with E-state index in [9.17, 15) is 14.3 Å². The summed E-state index contributed by atoms with van der Waals surface area (Å²) in [6, 6.07) is 11.6. The third kappa shape index (κ3) is 6.24. The number of aliphatic hydroxyl groups is 1. The summed E-state index contributed by atoms with van der Waals surface area (Å²) in [5, 5.41) is 10.7. The first-order valence-electron chi connectivity index (χ1n) is 9.72. The lowest BCUT2D eigenvalue weighted by Gasteiger charge is -2.35. The maximum absolute atomic E-state index is 14.0. The molecule has 0 unspecified atom stereocenters. The van der Waals surface area contributed by atoms with Crippen LogP contribution in [0.1, 0.15) is 22.8 Å². The van der Waals surface area contributed by atoms with E-state index in [4.69, 9.17) is 16.3 Å². The van der Waals surface area contributed by atoms with E-state index in [0.717, 1.165) is 26.2 Å². The Morgan fingerprint density at radius 2 is 1.79 bits per heavy atom. The van der Waals surface area contributed by atoms with E-state index in [1.807, 2.05) is 0 Å². The number of ether oxygens (including phenoxy) is 1. The molecule has 2 aromatic carbocycles. The van der Waals surface area contributed by atoms with Crippen LogP contribution in [0.15, 0.2) is 42.5 Å². The second-order valence-electron chi connectivity index (χ2n) is 7.32. The molecule has 5 nitrogen and oxygen atoms in total. The monoisotopic (exact) mass is 420 g/mol. The SMILES string of the molecule is CC(=O)c1ccc(OC[C@H](O)CN2CCN(Cc3c(F)cccc3Cl)CC2)cc1. The molecule has 0 radical (unpaired) electrons. The Hall–Kier alpha value is -1.99. The summed E-state index contributed by atoms with van der Waals surface area (Å²) in [4.78, 5) is 15.6. The molecule has 7 heteroatoms. The van der Waals surface area contributed by atoms with Gasteiger partial charge in [0.1, 0.15) is 24.3 Å². The zero-order valence-electron chi connectivity index (χ0n) is 16.5. The largest absolute Gasteiger partial charge is 0.491 e. The van der Waals surface area contributed by atoms with Gasteiger partial charge in [-0.25, -0.2) is 4.39 Å². The zero-order valence-corrected chi connectivity index (χ0v) is 17.2. The van der Waals surface area contributed by atoms with Crippen LogP contribution in [0.3, 0.4) is 0 Å². The molecule has 1 aliphatic heterocycles. The number of hydrogen-bond acceptors (Lipinski definition) is 5. The summed E-state index contributed by atoms with van der Waals surface area (Å²) in [5.74, 6) is 0.359. The number of carbonyl (C=O) groups excluding carboxylic acids is 1. The van der Waals surface area contributed by atoms with E-state index < -0.39 is 6.10 Å². The lowest BCUT2D eigenvalue weighted by molar-refractivity contribution is 0.0444. The van der Waals surface area contributed by atoms with Crippen molar-refractivity contribution in [3.63, 3.8) is 0 Å². The molecule has 0 aliphatic carbocycles. The van der Waals surface area contributed by atoms with Gasteiger partial charge < -0.3 is 9.84 Å². The minimum atomic E-state index is -0.616. The number of benzene rings is 2. The predicted octanol–water partition coefficient (Wildman–Crippen LogP) is 3.24. The van der Waals surface area contributed by atoms with E-state index in [1.54, 1.807) is 36.4 Å². The number of halogens is 2. The molecule has 1 fully saturated rings. The third-order valence-electron chi connectivity index (χ3n) is 5.08. The van der Waals surface area contributed by atoms with Crippen LogP contribution in [0.25, 0.3) is 0 Å². The van der Waals surface area contributed by atoms with Crippen molar-refractivity contribution >= 4 is 17.4 Å². The molecular formula is C22H26ClFN2O3. The van der Waals surface area contributed by atoms with Crippen LogP contribution in [0, 0.1) is 5.82 Å². The Bertz CT molecular complexity index is 803. The Morgan fingerprint density at radius 1 is 1.14 bits per heavy atom. The van der Waals surface area contributed by atoms with Gasteiger partial charge in [-0.2, -0.15) is 0 Å². The number of carbonyl (C=O) groups is 1. The molecule has 1 N–H and O–H groups in total. The molecule has 0 aromatic heterocycles. The van der Waals surface area contributed by atoms with Crippen LogP contribution in [-0.2, 0) is 6.54 Å². The standard InChI is InChI=1S/C22H26ClFN2O3/c1-16(27)17-5-7-19(8-6-17)29-15-18(28)13-25-9-11-26(12-10-25)14-20-21(23)3-2-4-22(20)24/h2-8,18,28H,9-15H2,1H3/t18-/m1/s1. The molecule has 156 valence electrons. The number of aliphatic hydroxyl groups excluding tert-OH is 1. The van der Waals surface area contributed by atoms with Gasteiger partial charge in [-0.05, 0) is 43.3 Å². The molecule has 0 bridgehead atoms. The van der Waals surface area contributed by atoms with Gasteiger partial charge in [0.2, 0.25) is 0 Å². The van der Waals surface area contributed by atoms with Crippen molar-refractivity contribution in [1.29, 1.82) is 0 Å². The van der Waals surface area contributed by atoms with Crippen molar-refractivity contribution in [2.24, 2.45) is 0 Å². The molecule has 1 heterocycles. The van der Waals surface area contributed by atoms with Gasteiger partial charge in [0.15, 0.2) is 5.78 Å². The van der Waals surface area contributed by atoms with Crippen molar-refractivity contribution in [3.05, 3.63) is 64.4 Å². The smallest absolute Gasteiger partial charge is 0.159 e. The lowest BCUT2D eigenvalue weighted by atomic mass is 10.1. The number of ketones is 1. The minimum absolute atomic E-state index is 0.00741. The molecule has 1 saturated heterocycles. The molecule has 3 rings (SSSR count). The predicted molar refractivity (Wildman–Crippen MR) is 111 cm³/mol. The van der Waals surface area contributed by atoms with Gasteiger partial charge in [0.05, 0.1) is 0 Å². The highest BCUT2D eigenvalue weighted by molar-refractivity contribution is 6.31. The first-order chi connectivity index (χ1) is 13.9. The maximum atomic E-state index is 14.0. The summed E-state index contributed by atoms with van der Waals surface area (Å²) < 4.78 is 19.6. The molecule has 1 aliphatic rings. The Balaban J connectivity index is 1.40. The van der Waals surface area contributed by atoms with Gasteiger partial charge in [-0.15, -0.1) is 0 Å². The van der Waals surface area contributed by atoms with Gasteiger partial charge in [0, 0.05) is 55.4 Å². The summed E-state index contributed by atoms with van der Waals surface area (Å²) in [5.41, 5.74) is 1.17. The van der Waals surface area contributed by atoms with E-state index in [0.29, 0.717) is 35.0 Å². The van der Waals surface area contributed by atoms with Crippen LogP contribution in [-0.4, -0.2) is 66.1 Å². The van der Waals surface area contributed by atoms with Gasteiger partial charge in [-0.3, -0.25) is 14.6 Å². The fourth-order valence-electron chi connectivity index (χ4n) is 3.37. The quantitative estimate of drug-likeness (QED) is 0.664. The Labute approximate surface area is 175 Å². The van der Waals surface area contributed by atoms with Crippen LogP contribution in [0.5, 0.6) is 5.75 Å². The Kier molecular flexibility index (Phi) is 7.61. The van der Waals surface area contributed by atoms with Crippen molar-refractivity contribution in [3.8, 4) is 5.75 Å². The second-order valence-corrected chi connectivity index (χ2v) is 7.73. The van der Waals surface area contributed by atoms with Crippen molar-refractivity contribution in [2.75, 3.05) is 39.3 Å². The fraction of sp³-hybridized carbons (Fsp3) is 0.409. The summed E-state index contributed by atoms with van der Waals surface area (Å²) in [6.45, 7) is 5.85. The number of β-amino-alcohol motifs (C(OH)–C–C–N with tert-alkyl or cyclic N) is 1. The van der Waals surface area contributed by atoms with E-state index >= 15 is 0 Å². The van der Waals surface area contributed by atoms with Gasteiger partial charge in [-0.1, -0.05) is 17.7 Å². The molecule has 0 saturated carbocycles. The normalized spacial score (nSPS) is 16.6.